The van der Waals surface area contributed by atoms with Crippen molar-refractivity contribution in [2.75, 3.05) is 19.1 Å². The van der Waals surface area contributed by atoms with Crippen molar-refractivity contribution in [3.05, 3.63) is 136 Å². The van der Waals surface area contributed by atoms with Gasteiger partial charge in [-0.3, -0.25) is 19.7 Å². The van der Waals surface area contributed by atoms with E-state index in [2.05, 4.69) is 0 Å². The van der Waals surface area contributed by atoms with Gasteiger partial charge in [-0.05, 0) is 52.7 Å². The standard InChI is InChI=1S/C31H27N3O5S/c1-32(21-22-9-5-3-6-10-22)30(36)40-31(24-11-7-4-8-12-24)28(23-13-19-27(39-2)20-14-23)33(29(31)35)25-15-17-26(18-16-25)34(37)38/h3-20,28H,21H2,1-2H3/t28-,31-/m0/s1. The zero-order valence-electron chi connectivity index (χ0n) is 22.0. The normalized spacial score (nSPS) is 18.1. The lowest BCUT2D eigenvalue weighted by atomic mass is 9.76. The van der Waals surface area contributed by atoms with E-state index in [9.17, 15) is 19.7 Å². The molecule has 2 atom stereocenters. The minimum atomic E-state index is -1.26. The number of nitro benzene ring substituents is 1. The molecule has 8 nitrogen and oxygen atoms in total. The molecule has 0 aliphatic carbocycles. The zero-order chi connectivity index (χ0) is 28.3. The van der Waals surface area contributed by atoms with Crippen molar-refractivity contribution >= 4 is 34.3 Å². The average molecular weight is 554 g/mol. The highest BCUT2D eigenvalue weighted by atomic mass is 32.2. The molecule has 0 spiro atoms. The van der Waals surface area contributed by atoms with E-state index in [4.69, 9.17) is 4.74 Å². The molecule has 1 aliphatic rings. The Kier molecular flexibility index (Phi) is 7.57. The second-order valence-corrected chi connectivity index (χ2v) is 10.6. The number of nitrogens with zero attached hydrogens (tertiary/aromatic N) is 3. The van der Waals surface area contributed by atoms with Gasteiger partial charge in [-0.1, -0.05) is 72.8 Å². The Morgan fingerprint density at radius 1 is 0.950 bits per heavy atom. The second kappa shape index (κ2) is 11.2. The van der Waals surface area contributed by atoms with Crippen LogP contribution in [0.25, 0.3) is 0 Å². The van der Waals surface area contributed by atoms with E-state index in [0.29, 0.717) is 23.5 Å². The first-order valence-corrected chi connectivity index (χ1v) is 13.4. The van der Waals surface area contributed by atoms with Crippen molar-refractivity contribution in [1.29, 1.82) is 0 Å². The molecule has 40 heavy (non-hydrogen) atoms. The third-order valence-electron chi connectivity index (χ3n) is 6.98. The molecule has 1 saturated heterocycles. The van der Waals surface area contributed by atoms with Gasteiger partial charge in [-0.2, -0.15) is 0 Å². The van der Waals surface area contributed by atoms with E-state index in [1.807, 2.05) is 84.9 Å². The third kappa shape index (κ3) is 4.91. The minimum Gasteiger partial charge on any atom is -0.497 e. The first kappa shape index (κ1) is 27.0. The van der Waals surface area contributed by atoms with E-state index in [-0.39, 0.29) is 16.8 Å². The molecule has 0 bridgehead atoms. The molecule has 1 fully saturated rings. The van der Waals surface area contributed by atoms with E-state index in [1.165, 1.54) is 12.1 Å². The van der Waals surface area contributed by atoms with Crippen LogP contribution in [0, 0.1) is 10.1 Å². The first-order valence-electron chi connectivity index (χ1n) is 12.6. The van der Waals surface area contributed by atoms with E-state index < -0.39 is 15.7 Å². The van der Waals surface area contributed by atoms with E-state index in [0.717, 1.165) is 22.9 Å². The summed E-state index contributed by atoms with van der Waals surface area (Å²) in [6.45, 7) is 0.394. The fourth-order valence-electron chi connectivity index (χ4n) is 4.96. The highest BCUT2D eigenvalue weighted by Gasteiger charge is 2.64. The second-order valence-electron chi connectivity index (χ2n) is 9.44. The van der Waals surface area contributed by atoms with Crippen LogP contribution in [-0.4, -0.2) is 35.1 Å². The van der Waals surface area contributed by atoms with Crippen LogP contribution in [0.2, 0.25) is 0 Å². The number of rotatable bonds is 8. The highest BCUT2D eigenvalue weighted by molar-refractivity contribution is 8.15. The van der Waals surface area contributed by atoms with Crippen molar-refractivity contribution in [3.63, 3.8) is 0 Å². The van der Waals surface area contributed by atoms with Gasteiger partial charge in [0.2, 0.25) is 0 Å². The maximum absolute atomic E-state index is 14.3. The molecule has 9 heteroatoms. The SMILES string of the molecule is COc1ccc([C@@H]2N(c3ccc([N+](=O)[O-])cc3)C(=O)[C@]2(SC(=O)N(C)Cc2ccccc2)c2ccccc2)cc1. The smallest absolute Gasteiger partial charge is 0.283 e. The summed E-state index contributed by atoms with van der Waals surface area (Å²) in [7, 11) is 3.30. The Balaban J connectivity index is 1.59. The van der Waals surface area contributed by atoms with Gasteiger partial charge in [-0.15, -0.1) is 0 Å². The quantitative estimate of drug-likeness (QED) is 0.139. The molecule has 5 rings (SSSR count). The predicted molar refractivity (Wildman–Crippen MR) is 155 cm³/mol. The number of methoxy groups -OCH3 is 1. The monoisotopic (exact) mass is 553 g/mol. The lowest BCUT2D eigenvalue weighted by molar-refractivity contribution is -0.384. The van der Waals surface area contributed by atoms with Crippen LogP contribution in [0.4, 0.5) is 16.2 Å². The maximum atomic E-state index is 14.3. The van der Waals surface area contributed by atoms with Gasteiger partial charge in [0, 0.05) is 31.4 Å². The molecule has 0 aromatic heterocycles. The highest BCUT2D eigenvalue weighted by Crippen LogP contribution is 2.60. The van der Waals surface area contributed by atoms with Crippen molar-refractivity contribution < 1.29 is 19.2 Å². The van der Waals surface area contributed by atoms with Crippen molar-refractivity contribution in [2.24, 2.45) is 0 Å². The van der Waals surface area contributed by atoms with Crippen molar-refractivity contribution in [2.45, 2.75) is 17.3 Å². The van der Waals surface area contributed by atoms with Crippen molar-refractivity contribution in [3.8, 4) is 5.75 Å². The summed E-state index contributed by atoms with van der Waals surface area (Å²) in [6, 6.07) is 31.6. The largest absolute Gasteiger partial charge is 0.497 e. The third-order valence-corrected chi connectivity index (χ3v) is 8.42. The molecular weight excluding hydrogens is 526 g/mol. The fourth-order valence-corrected chi connectivity index (χ4v) is 6.25. The van der Waals surface area contributed by atoms with Crippen LogP contribution >= 0.6 is 11.8 Å². The molecule has 202 valence electrons. The molecule has 4 aromatic rings. The van der Waals surface area contributed by atoms with Crippen molar-refractivity contribution in [1.82, 2.24) is 4.90 Å². The molecule has 1 aliphatic heterocycles. The van der Waals surface area contributed by atoms with E-state index in [1.54, 1.807) is 36.1 Å². The lowest BCUT2D eigenvalue weighted by Crippen LogP contribution is -2.65. The number of non-ortho nitro benzene ring substituents is 1. The molecule has 0 N–H and O–H groups in total. The Morgan fingerprint density at radius 3 is 2.12 bits per heavy atom. The predicted octanol–water partition coefficient (Wildman–Crippen LogP) is 6.57. The zero-order valence-corrected chi connectivity index (χ0v) is 22.8. The maximum Gasteiger partial charge on any atom is 0.283 e. The summed E-state index contributed by atoms with van der Waals surface area (Å²) in [5.74, 6) is 0.382. The van der Waals surface area contributed by atoms with Crippen LogP contribution in [0.1, 0.15) is 22.7 Å². The molecule has 2 amide bonds. The summed E-state index contributed by atoms with van der Waals surface area (Å²) in [5.41, 5.74) is 2.92. The fraction of sp³-hybridized carbons (Fsp3) is 0.161. The first-order chi connectivity index (χ1) is 19.3. The van der Waals surface area contributed by atoms with Gasteiger partial charge in [0.05, 0.1) is 18.1 Å². The minimum absolute atomic E-state index is 0.0702. The van der Waals surface area contributed by atoms with Crippen LogP contribution in [-0.2, 0) is 16.1 Å². The van der Waals surface area contributed by atoms with Gasteiger partial charge >= 0.3 is 0 Å². The van der Waals surface area contributed by atoms with Gasteiger partial charge < -0.3 is 14.5 Å². The number of amides is 2. The number of carbonyl (C=O) groups is 2. The Hall–Kier alpha value is -4.63. The Labute approximate surface area is 236 Å². The molecule has 0 radical (unpaired) electrons. The summed E-state index contributed by atoms with van der Waals surface area (Å²) in [6.07, 6.45) is 0. The number of thioether (sulfide) groups is 1. The van der Waals surface area contributed by atoms with Gasteiger partial charge in [0.1, 0.15) is 5.75 Å². The molecule has 0 saturated carbocycles. The van der Waals surface area contributed by atoms with Gasteiger partial charge in [-0.25, -0.2) is 0 Å². The van der Waals surface area contributed by atoms with Gasteiger partial charge in [0.25, 0.3) is 16.8 Å². The number of anilines is 1. The Bertz CT molecular complexity index is 1510. The number of carbonyl (C=O) groups excluding carboxylic acids is 2. The van der Waals surface area contributed by atoms with Crippen LogP contribution in [0.15, 0.2) is 109 Å². The molecule has 1 heterocycles. The molecule has 0 unspecified atom stereocenters. The summed E-state index contributed by atoms with van der Waals surface area (Å²) < 4.78 is 4.08. The van der Waals surface area contributed by atoms with E-state index >= 15 is 0 Å². The summed E-state index contributed by atoms with van der Waals surface area (Å²) in [4.78, 5) is 42.0. The topological polar surface area (TPSA) is 93.0 Å². The number of β-lactam (4-membered cyclic amide) rings is 1. The number of nitro groups is 1. The molecule has 4 aromatic carbocycles. The number of hydrogen-bond donors (Lipinski definition) is 0. The number of hydrogen-bond acceptors (Lipinski definition) is 6. The van der Waals surface area contributed by atoms with Crippen LogP contribution < -0.4 is 9.64 Å². The number of ether oxygens (including phenoxy) is 1. The Morgan fingerprint density at radius 2 is 1.55 bits per heavy atom. The summed E-state index contributed by atoms with van der Waals surface area (Å²) >= 11 is 0.998. The van der Waals surface area contributed by atoms with Gasteiger partial charge in [0.15, 0.2) is 4.75 Å². The lowest BCUT2D eigenvalue weighted by Gasteiger charge is -2.55. The average Bonchev–Trinajstić information content (AvgIpc) is 2.99. The van der Waals surface area contributed by atoms with Crippen LogP contribution in [0.5, 0.6) is 5.75 Å². The molecular formula is C31H27N3O5S. The number of benzene rings is 4. The van der Waals surface area contributed by atoms with Crippen LogP contribution in [0.3, 0.4) is 0 Å². The summed E-state index contributed by atoms with van der Waals surface area (Å²) in [5, 5.41) is 11.0.